The van der Waals surface area contributed by atoms with Crippen LogP contribution in [0.1, 0.15) is 30.1 Å². The average Bonchev–Trinajstić information content (AvgIpc) is 2.78. The van der Waals surface area contributed by atoms with Gasteiger partial charge in [-0.2, -0.15) is 0 Å². The quantitative estimate of drug-likeness (QED) is 0.823. The highest BCUT2D eigenvalue weighted by Gasteiger charge is 2.29. The molecule has 2 N–H and O–H groups in total. The van der Waals surface area contributed by atoms with Gasteiger partial charge in [0.05, 0.1) is 17.7 Å². The number of carboxylic acids is 1. The summed E-state index contributed by atoms with van der Waals surface area (Å²) in [6.45, 7) is 2.63. The minimum atomic E-state index is -0.974. The Labute approximate surface area is 99.7 Å². The summed E-state index contributed by atoms with van der Waals surface area (Å²) in [6, 6.07) is 3.32. The summed E-state index contributed by atoms with van der Waals surface area (Å²) in [5.74, 6) is -0.240. The van der Waals surface area contributed by atoms with Crippen molar-refractivity contribution in [1.29, 1.82) is 0 Å². The van der Waals surface area contributed by atoms with Gasteiger partial charge >= 0.3 is 5.97 Å². The van der Waals surface area contributed by atoms with Crippen LogP contribution in [-0.2, 0) is 0 Å². The molecule has 5 nitrogen and oxygen atoms in total. The minimum Gasteiger partial charge on any atom is -0.478 e. The van der Waals surface area contributed by atoms with E-state index in [1.54, 1.807) is 19.1 Å². The topological polar surface area (TPSA) is 73.7 Å². The molecule has 17 heavy (non-hydrogen) atoms. The molecule has 0 unspecified atom stereocenters. The third kappa shape index (κ3) is 2.39. The second kappa shape index (κ2) is 4.71. The number of aromatic nitrogens is 1. The van der Waals surface area contributed by atoms with Crippen molar-refractivity contribution in [2.75, 3.05) is 11.4 Å². The Balaban J connectivity index is 2.19. The number of rotatable bonds is 3. The molecule has 2 rings (SSSR count). The Bertz CT molecular complexity index is 403. The van der Waals surface area contributed by atoms with Gasteiger partial charge in [-0.25, -0.2) is 9.78 Å². The number of carbonyl (C=O) groups is 1. The largest absolute Gasteiger partial charge is 0.478 e. The van der Waals surface area contributed by atoms with Gasteiger partial charge in [0.25, 0.3) is 0 Å². The van der Waals surface area contributed by atoms with Crippen molar-refractivity contribution in [3.8, 4) is 0 Å². The molecular weight excluding hydrogens is 220 g/mol. The summed E-state index contributed by atoms with van der Waals surface area (Å²) in [7, 11) is 0. The molecule has 0 bridgehead atoms. The lowest BCUT2D eigenvalue weighted by molar-refractivity contribution is 0.0696. The Kier molecular flexibility index (Phi) is 3.28. The average molecular weight is 236 g/mol. The van der Waals surface area contributed by atoms with Crippen LogP contribution < -0.4 is 4.90 Å². The molecule has 1 aliphatic rings. The molecule has 1 aromatic heterocycles. The summed E-state index contributed by atoms with van der Waals surface area (Å²) >= 11 is 0. The van der Waals surface area contributed by atoms with Crippen LogP contribution in [0, 0.1) is 0 Å². The van der Waals surface area contributed by atoms with E-state index in [-0.39, 0.29) is 11.6 Å². The van der Waals surface area contributed by atoms with E-state index in [1.807, 2.05) is 4.90 Å². The Morgan fingerprint density at radius 3 is 2.88 bits per heavy atom. The summed E-state index contributed by atoms with van der Waals surface area (Å²) in [6.07, 6.45) is 2.92. The highest BCUT2D eigenvalue weighted by molar-refractivity contribution is 5.87. The van der Waals surface area contributed by atoms with Crippen LogP contribution in [0.15, 0.2) is 18.3 Å². The van der Waals surface area contributed by atoms with E-state index in [0.717, 1.165) is 25.2 Å². The van der Waals surface area contributed by atoms with Crippen LogP contribution in [0.5, 0.6) is 0 Å². The molecule has 0 radical (unpaired) electrons. The first kappa shape index (κ1) is 11.9. The zero-order chi connectivity index (χ0) is 12.4. The Morgan fingerprint density at radius 2 is 2.35 bits per heavy atom. The zero-order valence-corrected chi connectivity index (χ0v) is 9.71. The van der Waals surface area contributed by atoms with Crippen LogP contribution in [0.25, 0.3) is 0 Å². The van der Waals surface area contributed by atoms with Gasteiger partial charge in [0, 0.05) is 12.7 Å². The molecule has 2 heterocycles. The van der Waals surface area contributed by atoms with Gasteiger partial charge in [0.2, 0.25) is 0 Å². The zero-order valence-electron chi connectivity index (χ0n) is 9.71. The van der Waals surface area contributed by atoms with E-state index < -0.39 is 12.1 Å². The van der Waals surface area contributed by atoms with Crippen molar-refractivity contribution in [3.05, 3.63) is 23.9 Å². The standard InChI is InChI=1S/C12H16N2O3/c1-8(15)10-3-2-6-14(10)11-5-4-9(7-13-11)12(16)17/h4-5,7-8,10,15H,2-3,6H2,1H3,(H,16,17)/t8-,10+/m0/s1. The molecule has 92 valence electrons. The van der Waals surface area contributed by atoms with E-state index >= 15 is 0 Å². The smallest absolute Gasteiger partial charge is 0.337 e. The van der Waals surface area contributed by atoms with E-state index in [2.05, 4.69) is 4.98 Å². The lowest BCUT2D eigenvalue weighted by atomic mass is 10.1. The Hall–Kier alpha value is -1.62. The summed E-state index contributed by atoms with van der Waals surface area (Å²) < 4.78 is 0. The second-order valence-electron chi connectivity index (χ2n) is 4.35. The Morgan fingerprint density at radius 1 is 1.59 bits per heavy atom. The number of hydrogen-bond acceptors (Lipinski definition) is 4. The molecule has 0 aromatic carbocycles. The van der Waals surface area contributed by atoms with E-state index in [4.69, 9.17) is 5.11 Å². The molecule has 1 aliphatic heterocycles. The monoisotopic (exact) mass is 236 g/mol. The predicted octanol–water partition coefficient (Wildman–Crippen LogP) is 1.13. The normalized spacial score (nSPS) is 21.5. The van der Waals surface area contributed by atoms with Gasteiger partial charge < -0.3 is 15.1 Å². The number of aliphatic hydroxyl groups excluding tert-OH is 1. The van der Waals surface area contributed by atoms with Crippen molar-refractivity contribution in [2.24, 2.45) is 0 Å². The van der Waals surface area contributed by atoms with Crippen molar-refractivity contribution in [1.82, 2.24) is 4.98 Å². The molecule has 0 amide bonds. The molecule has 2 atom stereocenters. The lowest BCUT2D eigenvalue weighted by Gasteiger charge is -2.27. The maximum Gasteiger partial charge on any atom is 0.337 e. The number of pyridine rings is 1. The minimum absolute atomic E-state index is 0.0816. The molecule has 0 saturated carbocycles. The van der Waals surface area contributed by atoms with Crippen LogP contribution in [0.2, 0.25) is 0 Å². The number of aromatic carboxylic acids is 1. The molecule has 1 fully saturated rings. The van der Waals surface area contributed by atoms with E-state index in [0.29, 0.717) is 0 Å². The summed E-state index contributed by atoms with van der Waals surface area (Å²) in [5.41, 5.74) is 0.182. The maximum atomic E-state index is 10.7. The molecule has 0 aliphatic carbocycles. The summed E-state index contributed by atoms with van der Waals surface area (Å²) in [5, 5.41) is 18.5. The highest BCUT2D eigenvalue weighted by Crippen LogP contribution is 2.25. The SMILES string of the molecule is C[C@H](O)[C@H]1CCCN1c1ccc(C(=O)O)cn1. The first-order valence-corrected chi connectivity index (χ1v) is 5.73. The predicted molar refractivity (Wildman–Crippen MR) is 63.2 cm³/mol. The van der Waals surface area contributed by atoms with Crippen molar-refractivity contribution in [3.63, 3.8) is 0 Å². The van der Waals surface area contributed by atoms with Crippen LogP contribution in [0.3, 0.4) is 0 Å². The van der Waals surface area contributed by atoms with Gasteiger partial charge in [-0.05, 0) is 31.9 Å². The van der Waals surface area contributed by atoms with Gasteiger partial charge in [0.15, 0.2) is 0 Å². The molecular formula is C12H16N2O3. The van der Waals surface area contributed by atoms with Crippen LogP contribution in [-0.4, -0.2) is 39.9 Å². The molecule has 1 saturated heterocycles. The van der Waals surface area contributed by atoms with Crippen LogP contribution in [0.4, 0.5) is 5.82 Å². The molecule has 5 heteroatoms. The van der Waals surface area contributed by atoms with Crippen molar-refractivity contribution < 1.29 is 15.0 Å². The van der Waals surface area contributed by atoms with Gasteiger partial charge in [-0.15, -0.1) is 0 Å². The number of carboxylic acid groups (broad SMARTS) is 1. The first-order valence-electron chi connectivity index (χ1n) is 5.73. The fraction of sp³-hybridized carbons (Fsp3) is 0.500. The fourth-order valence-electron chi connectivity index (χ4n) is 2.26. The number of hydrogen-bond donors (Lipinski definition) is 2. The van der Waals surface area contributed by atoms with E-state index in [9.17, 15) is 9.90 Å². The number of nitrogens with zero attached hydrogens (tertiary/aromatic N) is 2. The summed E-state index contributed by atoms with van der Waals surface area (Å²) in [4.78, 5) is 16.9. The number of aliphatic hydroxyl groups is 1. The van der Waals surface area contributed by atoms with Gasteiger partial charge in [0.1, 0.15) is 5.82 Å². The fourth-order valence-corrected chi connectivity index (χ4v) is 2.26. The third-order valence-electron chi connectivity index (χ3n) is 3.15. The first-order chi connectivity index (χ1) is 8.09. The van der Waals surface area contributed by atoms with Crippen LogP contribution >= 0.6 is 0 Å². The van der Waals surface area contributed by atoms with Crippen molar-refractivity contribution in [2.45, 2.75) is 31.9 Å². The highest BCUT2D eigenvalue weighted by atomic mass is 16.4. The van der Waals surface area contributed by atoms with E-state index in [1.165, 1.54) is 6.20 Å². The van der Waals surface area contributed by atoms with Crippen molar-refractivity contribution >= 4 is 11.8 Å². The molecule has 1 aromatic rings. The van der Waals surface area contributed by atoms with Gasteiger partial charge in [-0.3, -0.25) is 0 Å². The third-order valence-corrected chi connectivity index (χ3v) is 3.15. The number of anilines is 1. The molecule has 0 spiro atoms. The maximum absolute atomic E-state index is 10.7. The second-order valence-corrected chi connectivity index (χ2v) is 4.35. The van der Waals surface area contributed by atoms with Gasteiger partial charge in [-0.1, -0.05) is 0 Å². The lowest BCUT2D eigenvalue weighted by Crippen LogP contribution is -2.37.